The van der Waals surface area contributed by atoms with E-state index < -0.39 is 36.4 Å². The van der Waals surface area contributed by atoms with Crippen LogP contribution in [0.1, 0.15) is 74.8 Å². The van der Waals surface area contributed by atoms with E-state index in [9.17, 15) is 27.9 Å². The lowest BCUT2D eigenvalue weighted by Crippen LogP contribution is -2.55. The van der Waals surface area contributed by atoms with Crippen molar-refractivity contribution in [1.82, 2.24) is 19.2 Å². The van der Waals surface area contributed by atoms with E-state index in [1.165, 1.54) is 21.8 Å². The largest absolute Gasteiger partial charge is 0.510 e. The van der Waals surface area contributed by atoms with Crippen LogP contribution in [-0.2, 0) is 22.2 Å². The standard InChI is InChI=1S/C29H36F3N5O5/c1-5-12-36-26(38)25-23(35(8-4)27(36)39)15-22(37(25)24(7-3)42-28(40)41-13-6-2)20-16-33-34(18-20)17-19-10-9-11-21(14-19)29(30,31)32/h9-11,14-16,18,24,27,39H,5-8,12-13,17H2,1-4H3. The molecule has 13 heteroatoms. The summed E-state index contributed by atoms with van der Waals surface area (Å²) < 4.78 is 53.6. The van der Waals surface area contributed by atoms with Gasteiger partial charge in [0.2, 0.25) is 6.35 Å². The van der Waals surface area contributed by atoms with Crippen LogP contribution >= 0.6 is 0 Å². The van der Waals surface area contributed by atoms with Crippen LogP contribution in [0.3, 0.4) is 0 Å². The summed E-state index contributed by atoms with van der Waals surface area (Å²) in [4.78, 5) is 29.4. The fraction of sp³-hybridized carbons (Fsp3) is 0.483. The second kappa shape index (κ2) is 12.9. The molecule has 10 nitrogen and oxygen atoms in total. The SMILES string of the molecule is CCCOC(=O)OC(CC)n1c(-c2cnn(Cc3cccc(C(F)(F)F)c3)c2)cc2c1C(=O)N(CCC)C(O)N2CC. The molecular weight excluding hydrogens is 555 g/mol. The molecule has 228 valence electrons. The van der Waals surface area contributed by atoms with Crippen LogP contribution in [-0.4, -0.2) is 62.5 Å². The predicted octanol–water partition coefficient (Wildman–Crippen LogP) is 5.86. The predicted molar refractivity (Wildman–Crippen MR) is 149 cm³/mol. The van der Waals surface area contributed by atoms with Crippen molar-refractivity contribution < 1.29 is 37.3 Å². The number of carbonyl (C=O) groups is 2. The monoisotopic (exact) mass is 591 g/mol. The molecule has 1 aliphatic rings. The van der Waals surface area contributed by atoms with Crippen molar-refractivity contribution in [2.45, 2.75) is 72.3 Å². The molecule has 0 saturated carbocycles. The molecule has 1 N–H and O–H groups in total. The van der Waals surface area contributed by atoms with Crippen LogP contribution < -0.4 is 4.90 Å². The summed E-state index contributed by atoms with van der Waals surface area (Å²) in [5.41, 5.74) is 1.40. The van der Waals surface area contributed by atoms with Crippen molar-refractivity contribution in [3.8, 4) is 11.3 Å². The van der Waals surface area contributed by atoms with Crippen LogP contribution in [0.5, 0.6) is 0 Å². The number of carbonyl (C=O) groups excluding carboxylic acids is 2. The van der Waals surface area contributed by atoms with Crippen molar-refractivity contribution >= 4 is 17.7 Å². The zero-order valence-corrected chi connectivity index (χ0v) is 24.1. The molecule has 0 bridgehead atoms. The van der Waals surface area contributed by atoms with E-state index in [4.69, 9.17) is 9.47 Å². The highest BCUT2D eigenvalue weighted by Crippen LogP contribution is 2.40. The molecule has 0 saturated heterocycles. The number of rotatable bonds is 11. The average molecular weight is 592 g/mol. The number of alkyl halides is 3. The van der Waals surface area contributed by atoms with Gasteiger partial charge in [0.1, 0.15) is 5.69 Å². The van der Waals surface area contributed by atoms with Gasteiger partial charge < -0.3 is 19.5 Å². The fourth-order valence-electron chi connectivity index (χ4n) is 5.05. The van der Waals surface area contributed by atoms with Gasteiger partial charge in [0.05, 0.1) is 36.3 Å². The van der Waals surface area contributed by atoms with E-state index in [0.717, 1.165) is 12.1 Å². The quantitative estimate of drug-likeness (QED) is 0.279. The number of ether oxygens (including phenoxy) is 2. The minimum Gasteiger partial charge on any atom is -0.434 e. The zero-order chi connectivity index (χ0) is 30.6. The number of hydrogen-bond acceptors (Lipinski definition) is 7. The minimum absolute atomic E-state index is 0.0738. The topological polar surface area (TPSA) is 102 Å². The summed E-state index contributed by atoms with van der Waals surface area (Å²) in [5, 5.41) is 15.4. The number of amides is 1. The van der Waals surface area contributed by atoms with Crippen molar-refractivity contribution in [2.75, 3.05) is 24.6 Å². The highest BCUT2D eigenvalue weighted by atomic mass is 19.4. The maximum absolute atomic E-state index is 13.8. The number of aromatic nitrogens is 3. The Hall–Kier alpha value is -4.00. The Labute approximate surface area is 242 Å². The second-order valence-electron chi connectivity index (χ2n) is 9.97. The van der Waals surface area contributed by atoms with E-state index >= 15 is 0 Å². The van der Waals surface area contributed by atoms with Gasteiger partial charge in [0.15, 0.2) is 6.23 Å². The van der Waals surface area contributed by atoms with Gasteiger partial charge in [-0.25, -0.2) is 4.79 Å². The molecule has 1 amide bonds. The number of nitrogens with zero attached hydrogens (tertiary/aromatic N) is 5. The summed E-state index contributed by atoms with van der Waals surface area (Å²) in [6, 6.07) is 6.76. The molecule has 4 rings (SSSR count). The van der Waals surface area contributed by atoms with Crippen LogP contribution in [0.15, 0.2) is 42.7 Å². The molecular formula is C29H36F3N5O5. The lowest BCUT2D eigenvalue weighted by Gasteiger charge is -2.41. The Bertz CT molecular complexity index is 1400. The van der Waals surface area contributed by atoms with Crippen molar-refractivity contribution in [2.24, 2.45) is 0 Å². The summed E-state index contributed by atoms with van der Waals surface area (Å²) in [6.45, 7) is 8.35. The molecule has 1 aliphatic heterocycles. The Morgan fingerprint density at radius 3 is 2.52 bits per heavy atom. The third kappa shape index (κ3) is 6.25. The van der Waals surface area contributed by atoms with Gasteiger partial charge in [-0.3, -0.25) is 18.9 Å². The number of anilines is 1. The second-order valence-corrected chi connectivity index (χ2v) is 9.97. The minimum atomic E-state index is -4.47. The number of halogens is 3. The van der Waals surface area contributed by atoms with E-state index in [-0.39, 0.29) is 18.8 Å². The first-order valence-corrected chi connectivity index (χ1v) is 14.1. The molecule has 42 heavy (non-hydrogen) atoms. The van der Waals surface area contributed by atoms with E-state index in [2.05, 4.69) is 5.10 Å². The van der Waals surface area contributed by atoms with Crippen LogP contribution in [0.25, 0.3) is 11.3 Å². The molecule has 1 aromatic carbocycles. The lowest BCUT2D eigenvalue weighted by molar-refractivity contribution is -0.137. The first-order chi connectivity index (χ1) is 20.0. The zero-order valence-electron chi connectivity index (χ0n) is 24.1. The maximum atomic E-state index is 13.8. The first kappa shape index (κ1) is 30.9. The van der Waals surface area contributed by atoms with Gasteiger partial charge in [-0.2, -0.15) is 18.3 Å². The molecule has 0 radical (unpaired) electrons. The molecule has 0 fully saturated rings. The Morgan fingerprint density at radius 1 is 1.12 bits per heavy atom. The van der Waals surface area contributed by atoms with Crippen molar-refractivity contribution in [3.63, 3.8) is 0 Å². The number of fused-ring (bicyclic) bond motifs is 1. The Kier molecular flexibility index (Phi) is 9.50. The third-order valence-electron chi connectivity index (χ3n) is 6.97. The summed E-state index contributed by atoms with van der Waals surface area (Å²) in [7, 11) is 0. The number of aliphatic hydroxyl groups excluding tert-OH is 1. The van der Waals surface area contributed by atoms with E-state index in [1.807, 2.05) is 20.8 Å². The van der Waals surface area contributed by atoms with Gasteiger partial charge in [0.25, 0.3) is 5.91 Å². The van der Waals surface area contributed by atoms with Gasteiger partial charge in [-0.05, 0) is 43.5 Å². The first-order valence-electron chi connectivity index (χ1n) is 14.1. The Balaban J connectivity index is 1.80. The smallest absolute Gasteiger partial charge is 0.434 e. The van der Waals surface area contributed by atoms with Crippen LogP contribution in [0.2, 0.25) is 0 Å². The average Bonchev–Trinajstić information content (AvgIpc) is 3.58. The number of benzene rings is 1. The molecule has 2 aromatic heterocycles. The summed E-state index contributed by atoms with van der Waals surface area (Å²) in [5.74, 6) is -0.421. The number of aliphatic hydroxyl groups is 1. The number of hydrogen-bond donors (Lipinski definition) is 1. The molecule has 0 spiro atoms. The van der Waals surface area contributed by atoms with Crippen LogP contribution in [0, 0.1) is 0 Å². The fourth-order valence-corrected chi connectivity index (χ4v) is 5.05. The molecule has 3 aromatic rings. The van der Waals surface area contributed by atoms with Gasteiger partial charge in [0, 0.05) is 31.3 Å². The van der Waals surface area contributed by atoms with Crippen molar-refractivity contribution in [3.05, 3.63) is 59.5 Å². The molecule has 0 aliphatic carbocycles. The van der Waals surface area contributed by atoms with E-state index in [1.54, 1.807) is 34.7 Å². The van der Waals surface area contributed by atoms with Gasteiger partial charge in [-0.1, -0.05) is 32.9 Å². The molecule has 2 atom stereocenters. The normalized spacial score (nSPS) is 16.0. The maximum Gasteiger partial charge on any atom is 0.510 e. The summed E-state index contributed by atoms with van der Waals surface area (Å²) in [6.07, 6.45) is -2.75. The van der Waals surface area contributed by atoms with Gasteiger partial charge in [-0.15, -0.1) is 0 Å². The van der Waals surface area contributed by atoms with Gasteiger partial charge >= 0.3 is 12.3 Å². The summed E-state index contributed by atoms with van der Waals surface area (Å²) >= 11 is 0. The molecule has 3 heterocycles. The van der Waals surface area contributed by atoms with E-state index in [0.29, 0.717) is 54.9 Å². The Morgan fingerprint density at radius 2 is 1.88 bits per heavy atom. The van der Waals surface area contributed by atoms with Crippen LogP contribution in [0.4, 0.5) is 23.7 Å². The van der Waals surface area contributed by atoms with Crippen molar-refractivity contribution in [1.29, 1.82) is 0 Å². The lowest BCUT2D eigenvalue weighted by atomic mass is 10.1. The highest BCUT2D eigenvalue weighted by Gasteiger charge is 2.41. The third-order valence-corrected chi connectivity index (χ3v) is 6.97. The highest BCUT2D eigenvalue weighted by molar-refractivity contribution is 6.02. The molecule has 2 unspecified atom stereocenters.